The summed E-state index contributed by atoms with van der Waals surface area (Å²) in [6.45, 7) is 6.18. The van der Waals surface area contributed by atoms with Crippen LogP contribution in [-0.2, 0) is 10.0 Å². The summed E-state index contributed by atoms with van der Waals surface area (Å²) in [5.41, 5.74) is 1.07. The second-order valence-electron chi connectivity index (χ2n) is 8.73. The summed E-state index contributed by atoms with van der Waals surface area (Å²) in [6.07, 6.45) is 1.03. The molecule has 5 rings (SSSR count). The van der Waals surface area contributed by atoms with Crippen molar-refractivity contribution in [3.8, 4) is 11.5 Å². The number of nitrogens with zero attached hydrogens (tertiary/aromatic N) is 2. The molecule has 8 nitrogen and oxygen atoms in total. The molecule has 10 heteroatoms. The van der Waals surface area contributed by atoms with Gasteiger partial charge in [-0.15, -0.1) is 0 Å². The monoisotopic (exact) mass is 487 g/mol. The lowest BCUT2D eigenvalue weighted by Crippen LogP contribution is -2.42. The number of anilines is 1. The first-order chi connectivity index (χ1) is 15.8. The Morgan fingerprint density at radius 3 is 2.36 bits per heavy atom. The van der Waals surface area contributed by atoms with Gasteiger partial charge in [0.2, 0.25) is 10.0 Å². The number of sulfonamides is 1. The van der Waals surface area contributed by atoms with Crippen LogP contribution >= 0.6 is 11.3 Å². The van der Waals surface area contributed by atoms with Gasteiger partial charge in [0.1, 0.15) is 13.2 Å². The van der Waals surface area contributed by atoms with E-state index in [0.717, 1.165) is 11.1 Å². The number of ether oxygens (including phenoxy) is 2. The van der Waals surface area contributed by atoms with E-state index in [1.165, 1.54) is 35.6 Å². The highest BCUT2D eigenvalue weighted by molar-refractivity contribution is 7.89. The Kier molecular flexibility index (Phi) is 5.75. The molecule has 3 heterocycles. The number of carbonyl (C=O) groups is 1. The summed E-state index contributed by atoms with van der Waals surface area (Å²) in [7, 11) is -3.59. The smallest absolute Gasteiger partial charge is 0.257 e. The van der Waals surface area contributed by atoms with Crippen LogP contribution in [0.15, 0.2) is 41.3 Å². The normalized spacial score (nSPS) is 21.2. The average molecular weight is 488 g/mol. The molecular formula is C23H25N3O5S2. The van der Waals surface area contributed by atoms with Crippen LogP contribution in [0.1, 0.15) is 30.6 Å². The van der Waals surface area contributed by atoms with Crippen LogP contribution in [-0.4, -0.2) is 49.9 Å². The van der Waals surface area contributed by atoms with Gasteiger partial charge in [-0.25, -0.2) is 13.4 Å². The van der Waals surface area contributed by atoms with Crippen LogP contribution in [0.3, 0.4) is 0 Å². The third-order valence-electron chi connectivity index (χ3n) is 5.86. The molecule has 174 valence electrons. The highest BCUT2D eigenvalue weighted by Gasteiger charge is 2.31. The van der Waals surface area contributed by atoms with Crippen molar-refractivity contribution in [2.75, 3.05) is 31.6 Å². The summed E-state index contributed by atoms with van der Waals surface area (Å²) >= 11 is 1.34. The Morgan fingerprint density at radius 1 is 1.06 bits per heavy atom. The van der Waals surface area contributed by atoms with Crippen molar-refractivity contribution in [1.29, 1.82) is 0 Å². The fraction of sp³-hybridized carbons (Fsp3) is 0.391. The number of nitrogens with one attached hydrogen (secondary N) is 1. The minimum Gasteiger partial charge on any atom is -0.486 e. The van der Waals surface area contributed by atoms with Crippen molar-refractivity contribution < 1.29 is 22.7 Å². The Balaban J connectivity index is 1.31. The van der Waals surface area contributed by atoms with E-state index in [0.29, 0.717) is 65.8 Å². The Hall–Kier alpha value is -2.69. The minimum atomic E-state index is -3.59. The van der Waals surface area contributed by atoms with E-state index in [9.17, 15) is 13.2 Å². The molecule has 2 aromatic carbocycles. The van der Waals surface area contributed by atoms with Gasteiger partial charge in [0, 0.05) is 30.8 Å². The summed E-state index contributed by atoms with van der Waals surface area (Å²) < 4.78 is 39.7. The van der Waals surface area contributed by atoms with Crippen LogP contribution < -0.4 is 14.8 Å². The molecule has 1 fully saturated rings. The van der Waals surface area contributed by atoms with Gasteiger partial charge in [-0.2, -0.15) is 4.31 Å². The third-order valence-corrected chi connectivity index (χ3v) is 8.64. The maximum Gasteiger partial charge on any atom is 0.257 e. The fourth-order valence-electron chi connectivity index (χ4n) is 4.42. The van der Waals surface area contributed by atoms with Gasteiger partial charge in [0.25, 0.3) is 5.91 Å². The second-order valence-corrected chi connectivity index (χ2v) is 11.7. The highest BCUT2D eigenvalue weighted by Crippen LogP contribution is 2.38. The number of hydrogen-bond acceptors (Lipinski definition) is 7. The number of aromatic nitrogens is 1. The summed E-state index contributed by atoms with van der Waals surface area (Å²) in [4.78, 5) is 17.4. The average Bonchev–Trinajstić information content (AvgIpc) is 3.17. The lowest BCUT2D eigenvalue weighted by Gasteiger charge is -2.34. The topological polar surface area (TPSA) is 97.8 Å². The standard InChI is InChI=1S/C23H25N3O5S2/c1-14-9-15(2)13-26(12-14)33(28,29)17-5-3-16(4-6-17)22(27)25-23-24-18-10-19-20(11-21(18)32-23)31-8-7-30-19/h3-6,10-11,14-15H,7-9,12-13H2,1-2H3,(H,24,25,27)/t14-,15-/m1/s1. The molecule has 33 heavy (non-hydrogen) atoms. The maximum atomic E-state index is 13.1. The van der Waals surface area contributed by atoms with E-state index < -0.39 is 10.0 Å². The summed E-state index contributed by atoms with van der Waals surface area (Å²) in [5, 5.41) is 3.25. The molecule has 2 aliphatic heterocycles. The van der Waals surface area contributed by atoms with Gasteiger partial charge in [0.05, 0.1) is 15.1 Å². The third kappa shape index (κ3) is 4.42. The number of thiazole rings is 1. The van der Waals surface area contributed by atoms with Gasteiger partial charge in [-0.05, 0) is 42.5 Å². The lowest BCUT2D eigenvalue weighted by atomic mass is 9.94. The van der Waals surface area contributed by atoms with Crippen LogP contribution in [0, 0.1) is 11.8 Å². The number of benzene rings is 2. The zero-order chi connectivity index (χ0) is 23.2. The van der Waals surface area contributed by atoms with Crippen molar-refractivity contribution >= 4 is 42.6 Å². The van der Waals surface area contributed by atoms with Crippen LogP contribution in [0.2, 0.25) is 0 Å². The van der Waals surface area contributed by atoms with E-state index in [2.05, 4.69) is 24.1 Å². The number of carbonyl (C=O) groups excluding carboxylic acids is 1. The number of hydrogen-bond donors (Lipinski definition) is 1. The summed E-state index contributed by atoms with van der Waals surface area (Å²) in [5.74, 6) is 1.61. The number of piperidine rings is 1. The van der Waals surface area contributed by atoms with Crippen molar-refractivity contribution in [3.63, 3.8) is 0 Å². The molecule has 1 amide bonds. The van der Waals surface area contributed by atoms with Gasteiger partial charge in [0.15, 0.2) is 16.6 Å². The molecule has 0 aliphatic carbocycles. The highest BCUT2D eigenvalue weighted by atomic mass is 32.2. The van der Waals surface area contributed by atoms with Gasteiger partial charge < -0.3 is 9.47 Å². The SMILES string of the molecule is C[C@@H]1C[C@@H](C)CN(S(=O)(=O)c2ccc(C(=O)Nc3nc4cc5c(cc4s3)OCCO5)cc2)C1. The largest absolute Gasteiger partial charge is 0.486 e. The predicted molar refractivity (Wildman–Crippen MR) is 127 cm³/mol. The van der Waals surface area contributed by atoms with E-state index >= 15 is 0 Å². The molecule has 0 radical (unpaired) electrons. The van der Waals surface area contributed by atoms with Gasteiger partial charge >= 0.3 is 0 Å². The molecule has 3 aromatic rings. The maximum absolute atomic E-state index is 13.1. The molecule has 1 aromatic heterocycles. The van der Waals surface area contributed by atoms with Crippen molar-refractivity contribution in [2.24, 2.45) is 11.8 Å². The van der Waals surface area contributed by atoms with Gasteiger partial charge in [-0.1, -0.05) is 25.2 Å². The number of fused-ring (bicyclic) bond motifs is 2. The van der Waals surface area contributed by atoms with E-state index in [-0.39, 0.29) is 10.8 Å². The van der Waals surface area contributed by atoms with E-state index in [1.54, 1.807) is 10.4 Å². The van der Waals surface area contributed by atoms with E-state index in [4.69, 9.17) is 9.47 Å². The molecule has 1 N–H and O–H groups in total. The Labute approximate surface area is 196 Å². The van der Waals surface area contributed by atoms with E-state index in [1.807, 2.05) is 6.07 Å². The molecular weight excluding hydrogens is 462 g/mol. The second kappa shape index (κ2) is 8.58. The quantitative estimate of drug-likeness (QED) is 0.598. The first-order valence-electron chi connectivity index (χ1n) is 10.9. The first kappa shape index (κ1) is 22.1. The van der Waals surface area contributed by atoms with Crippen LogP contribution in [0.5, 0.6) is 11.5 Å². The molecule has 2 atom stereocenters. The number of rotatable bonds is 4. The Bertz CT molecular complexity index is 1250. The Morgan fingerprint density at radius 2 is 1.70 bits per heavy atom. The molecule has 0 saturated carbocycles. The fourth-order valence-corrected chi connectivity index (χ4v) is 6.97. The molecule has 0 spiro atoms. The first-order valence-corrected chi connectivity index (χ1v) is 13.2. The zero-order valence-electron chi connectivity index (χ0n) is 18.4. The predicted octanol–water partition coefficient (Wildman–Crippen LogP) is 3.99. The van der Waals surface area contributed by atoms with Crippen LogP contribution in [0.25, 0.3) is 10.2 Å². The molecule has 0 bridgehead atoms. The summed E-state index contributed by atoms with van der Waals surface area (Å²) in [6, 6.07) is 9.72. The lowest BCUT2D eigenvalue weighted by molar-refractivity contribution is 0.102. The van der Waals surface area contributed by atoms with Crippen molar-refractivity contribution in [1.82, 2.24) is 9.29 Å². The van der Waals surface area contributed by atoms with Gasteiger partial charge in [-0.3, -0.25) is 10.1 Å². The number of amides is 1. The minimum absolute atomic E-state index is 0.200. The molecule has 2 aliphatic rings. The zero-order valence-corrected chi connectivity index (χ0v) is 20.0. The molecule has 0 unspecified atom stereocenters. The van der Waals surface area contributed by atoms with Crippen LogP contribution in [0.4, 0.5) is 5.13 Å². The van der Waals surface area contributed by atoms with Crippen molar-refractivity contribution in [3.05, 3.63) is 42.0 Å². The van der Waals surface area contributed by atoms with Crippen molar-refractivity contribution in [2.45, 2.75) is 25.2 Å². The molecule has 1 saturated heterocycles.